The molecule has 8 heteroatoms. The van der Waals surface area contributed by atoms with Crippen LogP contribution in [0.25, 0.3) is 0 Å². The standard InChI is InChI=1S/C13H16F3N5/c1-12(2,9-17)21-7-5-20(6-8-21)11-18-4-3-10(19-11)13(14,15)16/h3-4H,5-8H2,1-2H3. The molecule has 1 aromatic rings. The summed E-state index contributed by atoms with van der Waals surface area (Å²) in [5.41, 5.74) is -1.52. The van der Waals surface area contributed by atoms with Crippen molar-refractivity contribution in [2.24, 2.45) is 0 Å². The highest BCUT2D eigenvalue weighted by atomic mass is 19.4. The van der Waals surface area contributed by atoms with Gasteiger partial charge in [0.1, 0.15) is 11.2 Å². The van der Waals surface area contributed by atoms with E-state index in [1.807, 2.05) is 18.7 Å². The average molecular weight is 299 g/mol. The summed E-state index contributed by atoms with van der Waals surface area (Å²) in [7, 11) is 0. The minimum absolute atomic E-state index is 0.0826. The zero-order chi connectivity index (χ0) is 15.7. The zero-order valence-electron chi connectivity index (χ0n) is 11.9. The molecule has 1 aromatic heterocycles. The van der Waals surface area contributed by atoms with E-state index in [9.17, 15) is 13.2 Å². The molecule has 0 amide bonds. The first-order chi connectivity index (χ1) is 9.74. The van der Waals surface area contributed by atoms with Crippen molar-refractivity contribution < 1.29 is 13.2 Å². The Morgan fingerprint density at radius 3 is 2.33 bits per heavy atom. The van der Waals surface area contributed by atoms with Crippen molar-refractivity contribution >= 4 is 5.95 Å². The highest BCUT2D eigenvalue weighted by Crippen LogP contribution is 2.28. The van der Waals surface area contributed by atoms with Gasteiger partial charge in [0.05, 0.1) is 6.07 Å². The summed E-state index contributed by atoms with van der Waals surface area (Å²) in [5, 5.41) is 9.10. The molecule has 0 atom stereocenters. The number of alkyl halides is 3. The van der Waals surface area contributed by atoms with Gasteiger partial charge in [-0.1, -0.05) is 0 Å². The van der Waals surface area contributed by atoms with Gasteiger partial charge in [-0.3, -0.25) is 4.90 Å². The Labute approximate surface area is 121 Å². The minimum Gasteiger partial charge on any atom is -0.338 e. The maximum atomic E-state index is 12.6. The van der Waals surface area contributed by atoms with Gasteiger partial charge in [-0.15, -0.1) is 0 Å². The number of nitrogens with zero attached hydrogens (tertiary/aromatic N) is 5. The van der Waals surface area contributed by atoms with Gasteiger partial charge in [-0.05, 0) is 19.9 Å². The lowest BCUT2D eigenvalue weighted by Crippen LogP contribution is -2.54. The highest BCUT2D eigenvalue weighted by Gasteiger charge is 2.34. The van der Waals surface area contributed by atoms with Gasteiger partial charge < -0.3 is 4.90 Å². The second-order valence-corrected chi connectivity index (χ2v) is 5.38. The predicted molar refractivity (Wildman–Crippen MR) is 70.5 cm³/mol. The number of piperazine rings is 1. The summed E-state index contributed by atoms with van der Waals surface area (Å²) in [6.45, 7) is 5.80. The van der Waals surface area contributed by atoms with E-state index in [0.29, 0.717) is 26.2 Å². The zero-order valence-corrected chi connectivity index (χ0v) is 11.9. The first-order valence-corrected chi connectivity index (χ1v) is 6.55. The van der Waals surface area contributed by atoms with E-state index in [0.717, 1.165) is 12.3 Å². The summed E-state index contributed by atoms with van der Waals surface area (Å²) >= 11 is 0. The van der Waals surface area contributed by atoms with Crippen LogP contribution in [0.3, 0.4) is 0 Å². The molecular weight excluding hydrogens is 283 g/mol. The van der Waals surface area contributed by atoms with Crippen LogP contribution in [0.4, 0.5) is 19.1 Å². The van der Waals surface area contributed by atoms with Crippen molar-refractivity contribution in [3.63, 3.8) is 0 Å². The van der Waals surface area contributed by atoms with Gasteiger partial charge in [0.2, 0.25) is 5.95 Å². The second-order valence-electron chi connectivity index (χ2n) is 5.38. The van der Waals surface area contributed by atoms with Crippen LogP contribution in [0.2, 0.25) is 0 Å². The van der Waals surface area contributed by atoms with E-state index in [-0.39, 0.29) is 5.95 Å². The van der Waals surface area contributed by atoms with E-state index < -0.39 is 17.4 Å². The largest absolute Gasteiger partial charge is 0.433 e. The van der Waals surface area contributed by atoms with Crippen LogP contribution in [0.1, 0.15) is 19.5 Å². The molecule has 2 rings (SSSR count). The molecule has 1 aliphatic rings. The van der Waals surface area contributed by atoms with Gasteiger partial charge >= 0.3 is 6.18 Å². The quantitative estimate of drug-likeness (QED) is 0.835. The van der Waals surface area contributed by atoms with Crippen molar-refractivity contribution in [3.8, 4) is 6.07 Å². The molecule has 0 spiro atoms. The summed E-state index contributed by atoms with van der Waals surface area (Å²) in [6, 6.07) is 3.08. The van der Waals surface area contributed by atoms with E-state index >= 15 is 0 Å². The molecule has 1 fully saturated rings. The predicted octanol–water partition coefficient (Wildman–Crippen LogP) is 1.92. The lowest BCUT2D eigenvalue weighted by Gasteiger charge is -2.40. The second kappa shape index (κ2) is 5.48. The van der Waals surface area contributed by atoms with Crippen molar-refractivity contribution in [3.05, 3.63) is 18.0 Å². The molecule has 1 saturated heterocycles. The normalized spacial score (nSPS) is 17.6. The third kappa shape index (κ3) is 3.42. The van der Waals surface area contributed by atoms with Crippen LogP contribution in [0.15, 0.2) is 12.3 Å². The Bertz CT molecular complexity index is 541. The van der Waals surface area contributed by atoms with Crippen LogP contribution in [-0.4, -0.2) is 46.6 Å². The van der Waals surface area contributed by atoms with Crippen molar-refractivity contribution in [1.29, 1.82) is 5.26 Å². The van der Waals surface area contributed by atoms with E-state index in [1.165, 1.54) is 0 Å². The number of halogens is 3. The molecule has 21 heavy (non-hydrogen) atoms. The topological polar surface area (TPSA) is 56.1 Å². The Balaban J connectivity index is 2.08. The minimum atomic E-state index is -4.47. The fourth-order valence-electron chi connectivity index (χ4n) is 2.19. The number of rotatable bonds is 2. The fourth-order valence-corrected chi connectivity index (χ4v) is 2.19. The van der Waals surface area contributed by atoms with Crippen molar-refractivity contribution in [2.45, 2.75) is 25.6 Å². The van der Waals surface area contributed by atoms with Gasteiger partial charge in [0.15, 0.2) is 0 Å². The number of aromatic nitrogens is 2. The van der Waals surface area contributed by atoms with Gasteiger partial charge in [0.25, 0.3) is 0 Å². The third-order valence-corrected chi connectivity index (χ3v) is 3.56. The molecular formula is C13H16F3N5. The molecule has 1 aliphatic heterocycles. The number of anilines is 1. The van der Waals surface area contributed by atoms with E-state index in [4.69, 9.17) is 5.26 Å². The summed E-state index contributed by atoms with van der Waals surface area (Å²) in [4.78, 5) is 11.2. The van der Waals surface area contributed by atoms with Crippen LogP contribution < -0.4 is 4.90 Å². The molecule has 0 aromatic carbocycles. The van der Waals surface area contributed by atoms with Crippen LogP contribution >= 0.6 is 0 Å². The Morgan fingerprint density at radius 1 is 1.19 bits per heavy atom. The maximum absolute atomic E-state index is 12.6. The Morgan fingerprint density at radius 2 is 1.81 bits per heavy atom. The molecule has 5 nitrogen and oxygen atoms in total. The Kier molecular flexibility index (Phi) is 4.05. The van der Waals surface area contributed by atoms with E-state index in [1.54, 1.807) is 4.90 Å². The number of hydrogen-bond acceptors (Lipinski definition) is 5. The SMILES string of the molecule is CC(C)(C#N)N1CCN(c2nccc(C(F)(F)F)n2)CC1. The summed E-state index contributed by atoms with van der Waals surface area (Å²) in [6.07, 6.45) is -3.35. The molecule has 0 radical (unpaired) electrons. The smallest absolute Gasteiger partial charge is 0.338 e. The first kappa shape index (κ1) is 15.5. The van der Waals surface area contributed by atoms with Crippen molar-refractivity contribution in [1.82, 2.24) is 14.9 Å². The molecule has 0 N–H and O–H groups in total. The van der Waals surface area contributed by atoms with E-state index in [2.05, 4.69) is 16.0 Å². The maximum Gasteiger partial charge on any atom is 0.433 e. The highest BCUT2D eigenvalue weighted by molar-refractivity contribution is 5.32. The van der Waals surface area contributed by atoms with Gasteiger partial charge in [0, 0.05) is 32.4 Å². The molecule has 114 valence electrons. The molecule has 2 heterocycles. The van der Waals surface area contributed by atoms with Crippen LogP contribution in [-0.2, 0) is 6.18 Å². The van der Waals surface area contributed by atoms with Crippen molar-refractivity contribution in [2.75, 3.05) is 31.1 Å². The molecule has 0 unspecified atom stereocenters. The lowest BCUT2D eigenvalue weighted by molar-refractivity contribution is -0.141. The fraction of sp³-hybridized carbons (Fsp3) is 0.615. The number of nitriles is 1. The molecule has 0 bridgehead atoms. The first-order valence-electron chi connectivity index (χ1n) is 6.55. The van der Waals surface area contributed by atoms with Crippen LogP contribution in [0.5, 0.6) is 0 Å². The summed E-state index contributed by atoms with van der Waals surface area (Å²) in [5.74, 6) is 0.0826. The Hall–Kier alpha value is -1.88. The number of hydrogen-bond donors (Lipinski definition) is 0. The monoisotopic (exact) mass is 299 g/mol. The molecule has 0 saturated carbocycles. The lowest BCUT2D eigenvalue weighted by atomic mass is 10.0. The third-order valence-electron chi connectivity index (χ3n) is 3.56. The van der Waals surface area contributed by atoms with Gasteiger partial charge in [-0.2, -0.15) is 18.4 Å². The average Bonchev–Trinajstić information content (AvgIpc) is 2.47. The van der Waals surface area contributed by atoms with Crippen LogP contribution in [0, 0.1) is 11.3 Å². The summed E-state index contributed by atoms with van der Waals surface area (Å²) < 4.78 is 37.9. The van der Waals surface area contributed by atoms with Gasteiger partial charge in [-0.25, -0.2) is 9.97 Å². The molecule has 0 aliphatic carbocycles.